The molecule has 1 fully saturated rings. The Balaban J connectivity index is 0.000000924. The molecule has 5 heteroatoms. The van der Waals surface area contributed by atoms with Gasteiger partial charge >= 0.3 is 0 Å². The number of hydrogen-bond donors (Lipinski definition) is 2. The van der Waals surface area contributed by atoms with Crippen molar-refractivity contribution in [3.05, 3.63) is 60.2 Å². The lowest BCUT2D eigenvalue weighted by Crippen LogP contribution is -2.26. The van der Waals surface area contributed by atoms with Crippen molar-refractivity contribution in [2.45, 2.75) is 11.7 Å². The molecule has 1 saturated heterocycles. The number of hydrogen-bond acceptors (Lipinski definition) is 4. The van der Waals surface area contributed by atoms with Crippen molar-refractivity contribution in [2.24, 2.45) is 5.73 Å². The Hall–Kier alpha value is -1.98. The molecular weight excluding hydrogens is 308 g/mol. The summed E-state index contributed by atoms with van der Waals surface area (Å²) in [5.41, 5.74) is 5.53. The molecule has 0 aliphatic carbocycles. The maximum atomic E-state index is 12.0. The number of para-hydroxylation sites is 1. The van der Waals surface area contributed by atoms with Gasteiger partial charge in [-0.2, -0.15) is 0 Å². The summed E-state index contributed by atoms with van der Waals surface area (Å²) in [6, 6.07) is 17.5. The molecule has 2 aromatic rings. The number of amides is 1. The summed E-state index contributed by atoms with van der Waals surface area (Å²) < 4.78 is 5.76. The molecule has 0 spiro atoms. The third-order valence-electron chi connectivity index (χ3n) is 3.30. The number of benzene rings is 2. The zero-order valence-electron chi connectivity index (χ0n) is 13.2. The average Bonchev–Trinajstić information content (AvgIpc) is 2.83. The van der Waals surface area contributed by atoms with E-state index >= 15 is 0 Å². The van der Waals surface area contributed by atoms with E-state index in [9.17, 15) is 4.79 Å². The van der Waals surface area contributed by atoms with Crippen molar-refractivity contribution in [3.63, 3.8) is 0 Å². The highest BCUT2D eigenvalue weighted by Crippen LogP contribution is 2.32. The Morgan fingerprint density at radius 2 is 1.70 bits per heavy atom. The minimum absolute atomic E-state index is 0.106. The van der Waals surface area contributed by atoms with Crippen LogP contribution in [0.3, 0.4) is 0 Å². The second-order valence-electron chi connectivity index (χ2n) is 4.88. The van der Waals surface area contributed by atoms with E-state index in [-0.39, 0.29) is 11.2 Å². The molecule has 2 aromatic carbocycles. The third kappa shape index (κ3) is 5.01. The van der Waals surface area contributed by atoms with Crippen LogP contribution < -0.4 is 15.8 Å². The largest absolute Gasteiger partial charge is 0.457 e. The fourth-order valence-corrected chi connectivity index (χ4v) is 3.37. The Kier molecular flexibility index (Phi) is 6.97. The zero-order valence-corrected chi connectivity index (χ0v) is 14.0. The number of rotatable bonds is 3. The average molecular weight is 330 g/mol. The quantitative estimate of drug-likeness (QED) is 0.906. The zero-order chi connectivity index (χ0) is 16.5. The van der Waals surface area contributed by atoms with E-state index in [1.165, 1.54) is 7.05 Å². The summed E-state index contributed by atoms with van der Waals surface area (Å²) in [6.07, 6.45) is 1.03. The lowest BCUT2D eigenvalue weighted by Gasteiger charge is -2.13. The molecule has 4 nitrogen and oxygen atoms in total. The lowest BCUT2D eigenvalue weighted by atomic mass is 10.1. The Morgan fingerprint density at radius 1 is 1.04 bits per heavy atom. The van der Waals surface area contributed by atoms with Crippen molar-refractivity contribution in [3.8, 4) is 11.5 Å². The predicted molar refractivity (Wildman–Crippen MR) is 95.9 cm³/mol. The highest BCUT2D eigenvalue weighted by atomic mass is 32.2. The van der Waals surface area contributed by atoms with Crippen molar-refractivity contribution in [2.75, 3.05) is 19.3 Å². The van der Waals surface area contributed by atoms with E-state index in [1.807, 2.05) is 54.6 Å². The van der Waals surface area contributed by atoms with Crippen molar-refractivity contribution in [1.29, 1.82) is 0 Å². The van der Waals surface area contributed by atoms with Gasteiger partial charge < -0.3 is 15.8 Å². The number of carbonyl (C=O) groups excluding carboxylic acids is 1. The van der Waals surface area contributed by atoms with Gasteiger partial charge in [0, 0.05) is 6.54 Å². The Morgan fingerprint density at radius 3 is 2.39 bits per heavy atom. The molecule has 0 saturated carbocycles. The van der Waals surface area contributed by atoms with Crippen LogP contribution in [0.15, 0.2) is 54.6 Å². The van der Waals surface area contributed by atoms with Gasteiger partial charge in [-0.1, -0.05) is 30.3 Å². The maximum Gasteiger partial charge on any atom is 0.237 e. The van der Waals surface area contributed by atoms with E-state index in [2.05, 4.69) is 11.1 Å². The van der Waals surface area contributed by atoms with Crippen LogP contribution in [0.2, 0.25) is 0 Å². The summed E-state index contributed by atoms with van der Waals surface area (Å²) in [4.78, 5) is 12.0. The van der Waals surface area contributed by atoms with E-state index < -0.39 is 0 Å². The normalized spacial score (nSPS) is 17.3. The molecule has 1 aliphatic rings. The first-order chi connectivity index (χ1) is 11.3. The summed E-state index contributed by atoms with van der Waals surface area (Å²) in [5.74, 6) is 2.70. The Bertz CT molecular complexity index is 602. The van der Waals surface area contributed by atoms with Crippen molar-refractivity contribution in [1.82, 2.24) is 5.32 Å². The number of thioether (sulfide) groups is 1. The van der Waals surface area contributed by atoms with E-state index in [0.29, 0.717) is 0 Å². The minimum atomic E-state index is -0.113. The second-order valence-corrected chi connectivity index (χ2v) is 6.09. The van der Waals surface area contributed by atoms with Crippen LogP contribution >= 0.6 is 11.8 Å². The van der Waals surface area contributed by atoms with E-state index in [4.69, 9.17) is 4.74 Å². The number of nitrogens with two attached hydrogens (primary N) is 1. The van der Waals surface area contributed by atoms with Crippen LogP contribution in [0.25, 0.3) is 0 Å². The van der Waals surface area contributed by atoms with Gasteiger partial charge in [-0.05, 0) is 49.1 Å². The molecule has 3 rings (SSSR count). The number of ether oxygens (including phenoxy) is 1. The lowest BCUT2D eigenvalue weighted by molar-refractivity contribution is -0.120. The molecule has 0 bridgehead atoms. The fourth-order valence-electron chi connectivity index (χ4n) is 2.24. The van der Waals surface area contributed by atoms with E-state index in [0.717, 1.165) is 35.8 Å². The summed E-state index contributed by atoms with van der Waals surface area (Å²) in [7, 11) is 1.50. The second kappa shape index (κ2) is 9.22. The van der Waals surface area contributed by atoms with Crippen LogP contribution in [0, 0.1) is 0 Å². The molecule has 0 aromatic heterocycles. The van der Waals surface area contributed by atoms with Crippen LogP contribution in [0.1, 0.15) is 17.2 Å². The molecule has 0 radical (unpaired) electrons. The SMILES string of the molecule is CN.O=C1NCCCS[C@H]1c1ccc(Oc2ccccc2)cc1. The molecule has 122 valence electrons. The van der Waals surface area contributed by atoms with Crippen molar-refractivity contribution >= 4 is 17.7 Å². The van der Waals surface area contributed by atoms with E-state index in [1.54, 1.807) is 11.8 Å². The predicted octanol–water partition coefficient (Wildman–Crippen LogP) is 3.35. The number of nitrogens with one attached hydrogen (secondary N) is 1. The molecular formula is C18H22N2O2S. The standard InChI is InChI=1S/C17H17NO2S.CH5N/c19-17-16(21-12-4-11-18-17)13-7-9-15(10-8-13)20-14-5-2-1-3-6-14;1-2/h1-3,5-10,16H,4,11-12H2,(H,18,19);2H2,1H3/t16-;/m0./s1. The topological polar surface area (TPSA) is 64.4 Å². The van der Waals surface area contributed by atoms with Gasteiger partial charge in [-0.15, -0.1) is 11.8 Å². The van der Waals surface area contributed by atoms with Crippen LogP contribution in [0.5, 0.6) is 11.5 Å². The first kappa shape index (κ1) is 17.4. The first-order valence-electron chi connectivity index (χ1n) is 7.63. The van der Waals surface area contributed by atoms with Gasteiger partial charge in [-0.25, -0.2) is 0 Å². The van der Waals surface area contributed by atoms with Gasteiger partial charge in [0.15, 0.2) is 0 Å². The highest BCUT2D eigenvalue weighted by Gasteiger charge is 2.22. The molecule has 1 atom stereocenters. The number of carbonyl (C=O) groups is 1. The molecule has 23 heavy (non-hydrogen) atoms. The van der Waals surface area contributed by atoms with Gasteiger partial charge in [0.05, 0.1) is 0 Å². The summed E-state index contributed by atoms with van der Waals surface area (Å²) in [6.45, 7) is 0.775. The van der Waals surface area contributed by atoms with Crippen LogP contribution in [-0.2, 0) is 4.79 Å². The van der Waals surface area contributed by atoms with Gasteiger partial charge in [0.25, 0.3) is 0 Å². The molecule has 1 aliphatic heterocycles. The Labute approximate surface area is 141 Å². The van der Waals surface area contributed by atoms with Gasteiger partial charge in [0.1, 0.15) is 16.7 Å². The van der Waals surface area contributed by atoms with Gasteiger partial charge in [-0.3, -0.25) is 4.79 Å². The molecule has 3 N–H and O–H groups in total. The highest BCUT2D eigenvalue weighted by molar-refractivity contribution is 8.00. The maximum absolute atomic E-state index is 12.0. The molecule has 0 unspecified atom stereocenters. The summed E-state index contributed by atoms with van der Waals surface area (Å²) in [5, 5.41) is 2.84. The monoisotopic (exact) mass is 330 g/mol. The minimum Gasteiger partial charge on any atom is -0.457 e. The van der Waals surface area contributed by atoms with Crippen LogP contribution in [0.4, 0.5) is 0 Å². The van der Waals surface area contributed by atoms with Crippen molar-refractivity contribution < 1.29 is 9.53 Å². The van der Waals surface area contributed by atoms with Crippen LogP contribution in [-0.4, -0.2) is 25.3 Å². The van der Waals surface area contributed by atoms with Gasteiger partial charge in [0.2, 0.25) is 5.91 Å². The first-order valence-corrected chi connectivity index (χ1v) is 8.68. The molecule has 1 heterocycles. The third-order valence-corrected chi connectivity index (χ3v) is 4.65. The summed E-state index contributed by atoms with van der Waals surface area (Å²) >= 11 is 1.70. The molecule has 1 amide bonds. The fraction of sp³-hybridized carbons (Fsp3) is 0.278. The smallest absolute Gasteiger partial charge is 0.237 e.